The van der Waals surface area contributed by atoms with E-state index in [4.69, 9.17) is 104 Å². The maximum Gasteiger partial charge on any atom is 0.185 e. The molecule has 2 unspecified atom stereocenters. The summed E-state index contributed by atoms with van der Waals surface area (Å²) in [6, 6.07) is 8.79. The van der Waals surface area contributed by atoms with Crippen LogP contribution in [0, 0.1) is 0 Å². The molecule has 0 radical (unpaired) electrons. The lowest BCUT2D eigenvalue weighted by molar-refractivity contribution is 0.365. The molecule has 1 saturated carbocycles. The van der Waals surface area contributed by atoms with Crippen LogP contribution >= 0.6 is 104 Å². The second-order valence-electron chi connectivity index (χ2n) is 4.70. The van der Waals surface area contributed by atoms with E-state index in [9.17, 15) is 0 Å². The van der Waals surface area contributed by atoms with Crippen LogP contribution in [0.5, 0.6) is 0 Å². The maximum absolute atomic E-state index is 6.40. The van der Waals surface area contributed by atoms with E-state index in [0.717, 1.165) is 0 Å². The third-order valence-electron chi connectivity index (χ3n) is 3.37. The SMILES string of the molecule is ClC1C(Cl)(Cl)C(c2ccccc2)C(Cl)(Cl)C(Cl)(Cl)C1(Cl)Cl. The van der Waals surface area contributed by atoms with Gasteiger partial charge in [0.05, 0.1) is 5.92 Å². The third kappa shape index (κ3) is 2.75. The van der Waals surface area contributed by atoms with E-state index in [0.29, 0.717) is 5.56 Å². The van der Waals surface area contributed by atoms with Gasteiger partial charge >= 0.3 is 0 Å². The van der Waals surface area contributed by atoms with Crippen LogP contribution in [0.1, 0.15) is 11.5 Å². The van der Waals surface area contributed by atoms with Crippen LogP contribution in [-0.4, -0.2) is 22.7 Å². The monoisotopic (exact) mass is 466 g/mol. The average molecular weight is 470 g/mol. The number of hydrogen-bond donors (Lipinski definition) is 0. The second-order valence-corrected chi connectivity index (χ2v) is 10.7. The number of rotatable bonds is 1. The highest BCUT2D eigenvalue weighted by atomic mass is 35.6. The first kappa shape index (κ1) is 19.2. The highest BCUT2D eigenvalue weighted by Gasteiger charge is 2.76. The van der Waals surface area contributed by atoms with Crippen molar-refractivity contribution in [3.05, 3.63) is 35.9 Å². The van der Waals surface area contributed by atoms with Crippen molar-refractivity contribution in [2.75, 3.05) is 0 Å². The molecule has 0 spiro atoms. The fourth-order valence-corrected chi connectivity index (χ4v) is 6.19. The Bertz CT molecular complexity index is 523. The van der Waals surface area contributed by atoms with Gasteiger partial charge in [-0.2, -0.15) is 0 Å². The zero-order valence-electron chi connectivity index (χ0n) is 9.94. The molecule has 118 valence electrons. The molecule has 1 fully saturated rings. The molecular formula is C12H7Cl9. The fraction of sp³-hybridized carbons (Fsp3) is 0.500. The van der Waals surface area contributed by atoms with Crippen LogP contribution in [0.2, 0.25) is 0 Å². The molecule has 9 heteroatoms. The number of hydrogen-bond acceptors (Lipinski definition) is 0. The highest BCUT2D eigenvalue weighted by Crippen LogP contribution is 2.71. The van der Waals surface area contributed by atoms with Gasteiger partial charge in [-0.3, -0.25) is 0 Å². The van der Waals surface area contributed by atoms with Gasteiger partial charge in [0.2, 0.25) is 0 Å². The molecule has 0 bridgehead atoms. The van der Waals surface area contributed by atoms with Crippen molar-refractivity contribution < 1.29 is 0 Å². The summed E-state index contributed by atoms with van der Waals surface area (Å²) >= 11 is 56.7. The van der Waals surface area contributed by atoms with Crippen LogP contribution in [0.4, 0.5) is 0 Å². The van der Waals surface area contributed by atoms with Gasteiger partial charge in [-0.15, -0.1) is 11.6 Å². The first-order valence-corrected chi connectivity index (χ1v) is 9.04. The second kappa shape index (κ2) is 5.97. The van der Waals surface area contributed by atoms with Gasteiger partial charge in [0.1, 0.15) is 9.71 Å². The van der Waals surface area contributed by atoms with Crippen molar-refractivity contribution in [2.45, 2.75) is 28.6 Å². The van der Waals surface area contributed by atoms with E-state index in [1.54, 1.807) is 30.3 Å². The Labute approximate surface area is 167 Å². The van der Waals surface area contributed by atoms with Crippen molar-refractivity contribution in [3.8, 4) is 0 Å². The van der Waals surface area contributed by atoms with Crippen LogP contribution in [0.25, 0.3) is 0 Å². The van der Waals surface area contributed by atoms with Gasteiger partial charge in [0.25, 0.3) is 0 Å². The topological polar surface area (TPSA) is 0 Å². The molecule has 0 saturated heterocycles. The van der Waals surface area contributed by atoms with Gasteiger partial charge in [0, 0.05) is 0 Å². The lowest BCUT2D eigenvalue weighted by Crippen LogP contribution is -2.68. The van der Waals surface area contributed by atoms with Gasteiger partial charge in [0.15, 0.2) is 13.0 Å². The van der Waals surface area contributed by atoms with E-state index in [-0.39, 0.29) is 0 Å². The van der Waals surface area contributed by atoms with Gasteiger partial charge in [-0.1, -0.05) is 123 Å². The standard InChI is InChI=1S/C12H7Cl9/c13-8-9(14,15)7(6-4-2-1-3-5-6)10(16,17)12(20,21)11(8,18)19/h1-5,7-8H. The smallest absolute Gasteiger partial charge is 0.116 e. The van der Waals surface area contributed by atoms with Crippen molar-refractivity contribution in [1.29, 1.82) is 0 Å². The molecule has 1 aliphatic carbocycles. The molecule has 0 N–H and O–H groups in total. The molecule has 1 aromatic carbocycles. The summed E-state index contributed by atoms with van der Waals surface area (Å²) in [5.41, 5.74) is 0.604. The van der Waals surface area contributed by atoms with Crippen LogP contribution in [-0.2, 0) is 0 Å². The molecule has 2 atom stereocenters. The quantitative estimate of drug-likeness (QED) is 0.385. The maximum atomic E-state index is 6.40. The normalized spacial score (nSPS) is 32.6. The minimum Gasteiger partial charge on any atom is -0.116 e. The summed E-state index contributed by atoms with van der Waals surface area (Å²) in [6.07, 6.45) is 0. The molecular weight excluding hydrogens is 463 g/mol. The Balaban J connectivity index is 2.69. The predicted octanol–water partition coefficient (Wildman–Crippen LogP) is 7.09. The molecule has 2 rings (SSSR count). The van der Waals surface area contributed by atoms with E-state index < -0.39 is 28.6 Å². The Morgan fingerprint density at radius 2 is 1.19 bits per heavy atom. The van der Waals surface area contributed by atoms with E-state index in [1.165, 1.54) is 0 Å². The third-order valence-corrected chi connectivity index (χ3v) is 9.34. The van der Waals surface area contributed by atoms with Crippen molar-refractivity contribution in [2.24, 2.45) is 0 Å². The number of alkyl halides is 9. The molecule has 1 aromatic rings. The molecule has 1 aliphatic rings. The Kier molecular flexibility index (Phi) is 5.45. The Morgan fingerprint density at radius 3 is 1.67 bits per heavy atom. The number of halogens is 9. The van der Waals surface area contributed by atoms with Crippen LogP contribution in [0.15, 0.2) is 30.3 Å². The van der Waals surface area contributed by atoms with E-state index in [2.05, 4.69) is 0 Å². The first-order valence-electron chi connectivity index (χ1n) is 5.58. The van der Waals surface area contributed by atoms with Crippen LogP contribution < -0.4 is 0 Å². The predicted molar refractivity (Wildman–Crippen MR) is 96.6 cm³/mol. The lowest BCUT2D eigenvalue weighted by atomic mass is 9.80. The average Bonchev–Trinajstić information content (AvgIpc) is 2.37. The van der Waals surface area contributed by atoms with E-state index >= 15 is 0 Å². The first-order chi connectivity index (χ1) is 9.38. The summed E-state index contributed by atoms with van der Waals surface area (Å²) in [7, 11) is 0. The van der Waals surface area contributed by atoms with Crippen molar-refractivity contribution in [1.82, 2.24) is 0 Å². The molecule has 0 aliphatic heterocycles. The highest BCUT2D eigenvalue weighted by molar-refractivity contribution is 6.73. The molecule has 0 amide bonds. The van der Waals surface area contributed by atoms with Crippen molar-refractivity contribution >= 4 is 104 Å². The van der Waals surface area contributed by atoms with Crippen molar-refractivity contribution in [3.63, 3.8) is 0 Å². The number of benzene rings is 1. The van der Waals surface area contributed by atoms with Gasteiger partial charge in [-0.25, -0.2) is 0 Å². The fourth-order valence-electron chi connectivity index (χ4n) is 2.27. The Hall–Kier alpha value is 1.83. The molecule has 0 nitrogen and oxygen atoms in total. The minimum atomic E-state index is -2.02. The van der Waals surface area contributed by atoms with Crippen LogP contribution in [0.3, 0.4) is 0 Å². The largest absolute Gasteiger partial charge is 0.185 e. The summed E-state index contributed by atoms with van der Waals surface area (Å²) in [4.78, 5) is 0. The van der Waals surface area contributed by atoms with E-state index in [1.807, 2.05) is 0 Å². The van der Waals surface area contributed by atoms with Gasteiger partial charge < -0.3 is 0 Å². The molecule has 0 aromatic heterocycles. The summed E-state index contributed by atoms with van der Waals surface area (Å²) in [6.45, 7) is 0. The molecule has 0 heterocycles. The minimum absolute atomic E-state index is 0.604. The zero-order valence-corrected chi connectivity index (χ0v) is 16.7. The molecule has 21 heavy (non-hydrogen) atoms. The summed E-state index contributed by atoms with van der Waals surface area (Å²) < 4.78 is -7.60. The summed E-state index contributed by atoms with van der Waals surface area (Å²) in [5.74, 6) is -0.930. The van der Waals surface area contributed by atoms with Gasteiger partial charge in [-0.05, 0) is 5.56 Å². The zero-order chi connectivity index (χ0) is 16.3. The summed E-state index contributed by atoms with van der Waals surface area (Å²) in [5, 5.41) is -1.23. The Morgan fingerprint density at radius 1 is 0.714 bits per heavy atom. The lowest BCUT2D eigenvalue weighted by Gasteiger charge is -2.56.